The highest BCUT2D eigenvalue weighted by molar-refractivity contribution is 7.99. The van der Waals surface area contributed by atoms with Gasteiger partial charge in [0.15, 0.2) is 0 Å². The van der Waals surface area contributed by atoms with Gasteiger partial charge in [-0.2, -0.15) is 17.0 Å². The van der Waals surface area contributed by atoms with Crippen LogP contribution in [0, 0.1) is 16.7 Å². The minimum Gasteiger partial charge on any atom is -0.480 e. The molecular formula is C9H16N2O2S. The van der Waals surface area contributed by atoms with Crippen molar-refractivity contribution < 1.29 is 9.90 Å². The summed E-state index contributed by atoms with van der Waals surface area (Å²) in [4.78, 5) is 10.4. The van der Waals surface area contributed by atoms with E-state index < -0.39 is 12.0 Å². The molecule has 0 unspecified atom stereocenters. The molecule has 0 saturated carbocycles. The van der Waals surface area contributed by atoms with E-state index in [4.69, 9.17) is 16.1 Å². The molecular weight excluding hydrogens is 200 g/mol. The van der Waals surface area contributed by atoms with Crippen LogP contribution in [0.15, 0.2) is 0 Å². The number of carbonyl (C=O) groups is 1. The first kappa shape index (κ1) is 13.3. The first-order valence-electron chi connectivity index (χ1n) is 4.36. The van der Waals surface area contributed by atoms with Gasteiger partial charge in [-0.1, -0.05) is 0 Å². The second-order valence-electron chi connectivity index (χ2n) is 3.77. The van der Waals surface area contributed by atoms with Crippen molar-refractivity contribution in [2.45, 2.75) is 26.3 Å². The molecule has 0 rings (SSSR count). The summed E-state index contributed by atoms with van der Waals surface area (Å²) in [6.07, 6.45) is 0.751. The lowest BCUT2D eigenvalue weighted by molar-refractivity contribution is -0.137. The molecule has 0 radical (unpaired) electrons. The first-order chi connectivity index (χ1) is 6.39. The standard InChI is InChI=1S/C9H16N2O2S/c1-9(2,6-10)3-4-14-5-7(11)8(12)13/h7H,3-5,11H2,1-2H3,(H,12,13)/t7-/m1/s1. The number of rotatable bonds is 6. The third kappa shape index (κ3) is 5.84. The molecule has 0 aliphatic rings. The third-order valence-corrected chi connectivity index (χ3v) is 2.88. The van der Waals surface area contributed by atoms with Crippen LogP contribution in [-0.2, 0) is 4.79 Å². The molecule has 0 aliphatic carbocycles. The quantitative estimate of drug-likeness (QED) is 0.648. The molecule has 1 atom stereocenters. The zero-order valence-electron chi connectivity index (χ0n) is 8.49. The Hall–Kier alpha value is -0.730. The Bertz CT molecular complexity index is 235. The highest BCUT2D eigenvalue weighted by Gasteiger charge is 2.17. The Morgan fingerprint density at radius 3 is 2.71 bits per heavy atom. The molecule has 0 heterocycles. The van der Waals surface area contributed by atoms with Crippen LogP contribution in [0.3, 0.4) is 0 Å². The van der Waals surface area contributed by atoms with Crippen LogP contribution in [0.2, 0.25) is 0 Å². The minimum atomic E-state index is -0.975. The maximum Gasteiger partial charge on any atom is 0.321 e. The van der Waals surface area contributed by atoms with Crippen LogP contribution in [-0.4, -0.2) is 28.6 Å². The van der Waals surface area contributed by atoms with Gasteiger partial charge in [0.2, 0.25) is 0 Å². The molecule has 0 saturated heterocycles. The molecule has 3 N–H and O–H groups in total. The molecule has 0 aromatic carbocycles. The van der Waals surface area contributed by atoms with E-state index in [1.54, 1.807) is 0 Å². The normalized spacial score (nSPS) is 13.3. The van der Waals surface area contributed by atoms with Crippen LogP contribution in [0.25, 0.3) is 0 Å². The van der Waals surface area contributed by atoms with Crippen molar-refractivity contribution >= 4 is 17.7 Å². The number of nitrogens with zero attached hydrogens (tertiary/aromatic N) is 1. The van der Waals surface area contributed by atoms with Gasteiger partial charge in [0.05, 0.1) is 11.5 Å². The zero-order chi connectivity index (χ0) is 11.2. The molecule has 0 aromatic heterocycles. The Balaban J connectivity index is 3.58. The highest BCUT2D eigenvalue weighted by atomic mass is 32.2. The van der Waals surface area contributed by atoms with Crippen LogP contribution in [0.4, 0.5) is 0 Å². The van der Waals surface area contributed by atoms with Gasteiger partial charge >= 0.3 is 5.97 Å². The highest BCUT2D eigenvalue weighted by Crippen LogP contribution is 2.21. The molecule has 4 nitrogen and oxygen atoms in total. The van der Waals surface area contributed by atoms with Crippen molar-refractivity contribution in [1.82, 2.24) is 0 Å². The molecule has 0 bridgehead atoms. The van der Waals surface area contributed by atoms with Crippen molar-refractivity contribution in [2.24, 2.45) is 11.1 Å². The largest absolute Gasteiger partial charge is 0.480 e. The van der Waals surface area contributed by atoms with Gasteiger partial charge in [-0.3, -0.25) is 4.79 Å². The second-order valence-corrected chi connectivity index (χ2v) is 4.92. The summed E-state index contributed by atoms with van der Waals surface area (Å²) in [5.41, 5.74) is 4.98. The molecule has 0 spiro atoms. The number of thioether (sulfide) groups is 1. The summed E-state index contributed by atoms with van der Waals surface area (Å²) in [6, 6.07) is 1.39. The lowest BCUT2D eigenvalue weighted by Crippen LogP contribution is -2.32. The van der Waals surface area contributed by atoms with Crippen LogP contribution in [0.1, 0.15) is 20.3 Å². The molecule has 0 amide bonds. The van der Waals surface area contributed by atoms with E-state index in [1.165, 1.54) is 11.8 Å². The lowest BCUT2D eigenvalue weighted by atomic mass is 9.93. The number of hydrogen-bond acceptors (Lipinski definition) is 4. The Morgan fingerprint density at radius 1 is 1.71 bits per heavy atom. The van der Waals surface area contributed by atoms with Crippen LogP contribution >= 0.6 is 11.8 Å². The maximum absolute atomic E-state index is 10.4. The van der Waals surface area contributed by atoms with Gasteiger partial charge in [0, 0.05) is 5.75 Å². The summed E-state index contributed by atoms with van der Waals surface area (Å²) in [7, 11) is 0. The van der Waals surface area contributed by atoms with Gasteiger partial charge in [-0.25, -0.2) is 0 Å². The number of hydrogen-bond donors (Lipinski definition) is 2. The first-order valence-corrected chi connectivity index (χ1v) is 5.52. The third-order valence-electron chi connectivity index (χ3n) is 1.79. The van der Waals surface area contributed by atoms with Gasteiger partial charge < -0.3 is 10.8 Å². The minimum absolute atomic E-state index is 0.333. The molecule has 14 heavy (non-hydrogen) atoms. The average molecular weight is 216 g/mol. The summed E-state index contributed by atoms with van der Waals surface area (Å²) in [6.45, 7) is 3.73. The Kier molecular flexibility index (Phi) is 5.58. The van der Waals surface area contributed by atoms with Crippen molar-refractivity contribution in [1.29, 1.82) is 5.26 Å². The van der Waals surface area contributed by atoms with E-state index in [2.05, 4.69) is 6.07 Å². The molecule has 80 valence electrons. The average Bonchev–Trinajstić information content (AvgIpc) is 2.12. The summed E-state index contributed by atoms with van der Waals surface area (Å²) < 4.78 is 0. The van der Waals surface area contributed by atoms with Crippen LogP contribution in [0.5, 0.6) is 0 Å². The summed E-state index contributed by atoms with van der Waals surface area (Å²) >= 11 is 1.47. The fourth-order valence-corrected chi connectivity index (χ4v) is 1.88. The van der Waals surface area contributed by atoms with E-state index in [-0.39, 0.29) is 5.41 Å². The van der Waals surface area contributed by atoms with E-state index >= 15 is 0 Å². The second kappa shape index (κ2) is 5.89. The van der Waals surface area contributed by atoms with Crippen LogP contribution < -0.4 is 5.73 Å². The van der Waals surface area contributed by atoms with Gasteiger partial charge in [0.1, 0.15) is 6.04 Å². The Labute approximate surface area is 88.5 Å². The summed E-state index contributed by atoms with van der Waals surface area (Å²) in [5.74, 6) is 0.190. The van der Waals surface area contributed by atoms with E-state index in [0.717, 1.165) is 12.2 Å². The zero-order valence-corrected chi connectivity index (χ0v) is 9.30. The lowest BCUT2D eigenvalue weighted by Gasteiger charge is -2.14. The molecule has 0 aliphatic heterocycles. The van der Waals surface area contributed by atoms with E-state index in [1.807, 2.05) is 13.8 Å². The van der Waals surface area contributed by atoms with Crippen molar-refractivity contribution in [3.63, 3.8) is 0 Å². The van der Waals surface area contributed by atoms with Crippen molar-refractivity contribution in [2.75, 3.05) is 11.5 Å². The smallest absolute Gasteiger partial charge is 0.321 e. The van der Waals surface area contributed by atoms with E-state index in [9.17, 15) is 4.79 Å². The van der Waals surface area contributed by atoms with Crippen molar-refractivity contribution in [3.8, 4) is 6.07 Å². The SMILES string of the molecule is CC(C)(C#N)CCSC[C@@H](N)C(=O)O. The molecule has 5 heteroatoms. The van der Waals surface area contributed by atoms with E-state index in [0.29, 0.717) is 5.75 Å². The predicted octanol–water partition coefficient (Wildman–Crippen LogP) is 1.07. The van der Waals surface area contributed by atoms with Gasteiger partial charge in [0.25, 0.3) is 0 Å². The number of carboxylic acids is 1. The fourth-order valence-electron chi connectivity index (χ4n) is 0.665. The van der Waals surface area contributed by atoms with Gasteiger partial charge in [-0.15, -0.1) is 0 Å². The molecule has 0 aromatic rings. The number of nitrogens with two attached hydrogens (primary N) is 1. The maximum atomic E-state index is 10.4. The fraction of sp³-hybridized carbons (Fsp3) is 0.778. The molecule has 0 fully saturated rings. The monoisotopic (exact) mass is 216 g/mol. The number of carboxylic acid groups (broad SMARTS) is 1. The topological polar surface area (TPSA) is 87.1 Å². The Morgan fingerprint density at radius 2 is 2.29 bits per heavy atom. The number of aliphatic carboxylic acids is 1. The van der Waals surface area contributed by atoms with Gasteiger partial charge in [-0.05, 0) is 26.0 Å². The number of nitriles is 1. The summed E-state index contributed by atoms with van der Waals surface area (Å²) in [5, 5.41) is 17.2. The predicted molar refractivity (Wildman–Crippen MR) is 56.9 cm³/mol. The van der Waals surface area contributed by atoms with Crippen molar-refractivity contribution in [3.05, 3.63) is 0 Å².